The number of aromatic nitrogens is 3. The maximum absolute atomic E-state index is 12.6. The lowest BCUT2D eigenvalue weighted by Gasteiger charge is -2.36. The van der Waals surface area contributed by atoms with Crippen molar-refractivity contribution >= 4 is 11.6 Å². The number of amides is 1. The second-order valence-electron chi connectivity index (χ2n) is 8.00. The molecule has 0 bridgehead atoms. The third kappa shape index (κ3) is 4.98. The first-order valence-corrected chi connectivity index (χ1v) is 10.6. The lowest BCUT2D eigenvalue weighted by Crippen LogP contribution is -2.49. The van der Waals surface area contributed by atoms with Crippen molar-refractivity contribution in [1.82, 2.24) is 24.9 Å². The van der Waals surface area contributed by atoms with E-state index in [0.717, 1.165) is 48.6 Å². The molecule has 8 heteroatoms. The van der Waals surface area contributed by atoms with Gasteiger partial charge in [-0.15, -0.1) is 0 Å². The Morgan fingerprint density at radius 3 is 2.55 bits per heavy atom. The Morgan fingerprint density at radius 2 is 1.87 bits per heavy atom. The molecule has 31 heavy (non-hydrogen) atoms. The van der Waals surface area contributed by atoms with Gasteiger partial charge in [-0.3, -0.25) is 19.6 Å². The average molecular weight is 421 g/mol. The number of pyridine rings is 1. The average Bonchev–Trinajstić information content (AvgIpc) is 3.27. The number of hydrogen-bond acceptors (Lipinski definition) is 7. The summed E-state index contributed by atoms with van der Waals surface area (Å²) in [7, 11) is 0. The van der Waals surface area contributed by atoms with Crippen LogP contribution in [0.1, 0.15) is 30.0 Å². The van der Waals surface area contributed by atoms with Crippen molar-refractivity contribution in [3.63, 3.8) is 0 Å². The molecule has 4 rings (SSSR count). The molecule has 0 saturated carbocycles. The van der Waals surface area contributed by atoms with Gasteiger partial charge < -0.3 is 9.84 Å². The van der Waals surface area contributed by atoms with Crippen molar-refractivity contribution < 1.29 is 9.32 Å². The molecule has 1 atom stereocenters. The van der Waals surface area contributed by atoms with Gasteiger partial charge in [0.15, 0.2) is 0 Å². The summed E-state index contributed by atoms with van der Waals surface area (Å²) in [5.41, 5.74) is 3.92. The smallest absolute Gasteiger partial charge is 0.244 e. The molecule has 1 saturated heterocycles. The molecule has 1 fully saturated rings. The number of piperazine rings is 1. The van der Waals surface area contributed by atoms with E-state index in [1.165, 1.54) is 0 Å². The summed E-state index contributed by atoms with van der Waals surface area (Å²) in [6, 6.07) is 9.81. The first-order valence-electron chi connectivity index (χ1n) is 10.6. The third-order valence-corrected chi connectivity index (χ3v) is 5.79. The summed E-state index contributed by atoms with van der Waals surface area (Å²) >= 11 is 0. The minimum Gasteiger partial charge on any atom is -0.337 e. The van der Waals surface area contributed by atoms with Gasteiger partial charge in [0.1, 0.15) is 0 Å². The maximum atomic E-state index is 12.6. The van der Waals surface area contributed by atoms with Crippen LogP contribution in [0.4, 0.5) is 5.69 Å². The van der Waals surface area contributed by atoms with Gasteiger partial charge in [0, 0.05) is 49.8 Å². The van der Waals surface area contributed by atoms with Crippen molar-refractivity contribution in [2.45, 2.75) is 26.8 Å². The zero-order valence-corrected chi connectivity index (χ0v) is 18.2. The number of nitrogens with zero attached hydrogens (tertiary/aromatic N) is 5. The molecule has 0 spiro atoms. The first-order chi connectivity index (χ1) is 15.0. The summed E-state index contributed by atoms with van der Waals surface area (Å²) in [4.78, 5) is 25.7. The molecular weight excluding hydrogens is 392 g/mol. The van der Waals surface area contributed by atoms with Crippen molar-refractivity contribution in [1.29, 1.82) is 0 Å². The van der Waals surface area contributed by atoms with Gasteiger partial charge in [0.05, 0.1) is 12.6 Å². The highest BCUT2D eigenvalue weighted by Gasteiger charge is 2.27. The minimum atomic E-state index is 0.0171. The van der Waals surface area contributed by atoms with E-state index in [1.54, 1.807) is 12.4 Å². The van der Waals surface area contributed by atoms with Gasteiger partial charge in [-0.05, 0) is 44.0 Å². The topological polar surface area (TPSA) is 87.4 Å². The van der Waals surface area contributed by atoms with E-state index < -0.39 is 0 Å². The molecule has 1 amide bonds. The lowest BCUT2D eigenvalue weighted by atomic mass is 10.1. The third-order valence-electron chi connectivity index (χ3n) is 5.79. The summed E-state index contributed by atoms with van der Waals surface area (Å²) in [5.74, 6) is 1.17. The van der Waals surface area contributed by atoms with Crippen LogP contribution < -0.4 is 5.32 Å². The zero-order chi connectivity index (χ0) is 21.8. The molecule has 1 unspecified atom stereocenters. The lowest BCUT2D eigenvalue weighted by molar-refractivity contribution is -0.117. The molecule has 1 aliphatic rings. The Balaban J connectivity index is 1.29. The molecule has 1 aromatic carbocycles. The second-order valence-corrected chi connectivity index (χ2v) is 8.00. The van der Waals surface area contributed by atoms with Crippen LogP contribution in [0, 0.1) is 13.8 Å². The fourth-order valence-corrected chi connectivity index (χ4v) is 3.88. The molecular formula is C23H28N6O2. The van der Waals surface area contributed by atoms with E-state index in [1.807, 2.05) is 44.2 Å². The van der Waals surface area contributed by atoms with Crippen LogP contribution in [0.5, 0.6) is 0 Å². The fraction of sp³-hybridized carbons (Fsp3) is 0.391. The van der Waals surface area contributed by atoms with E-state index in [2.05, 4.69) is 37.2 Å². The van der Waals surface area contributed by atoms with Crippen LogP contribution in [0.3, 0.4) is 0 Å². The van der Waals surface area contributed by atoms with Gasteiger partial charge in [-0.25, -0.2) is 0 Å². The molecule has 3 heterocycles. The monoisotopic (exact) mass is 420 g/mol. The summed E-state index contributed by atoms with van der Waals surface area (Å²) in [5, 5.41) is 7.17. The highest BCUT2D eigenvalue weighted by molar-refractivity contribution is 5.93. The number of hydrogen-bond donors (Lipinski definition) is 1. The Labute approximate surface area is 182 Å². The molecule has 1 N–H and O–H groups in total. The summed E-state index contributed by atoms with van der Waals surface area (Å²) in [6.07, 6.45) is 3.44. The Bertz CT molecular complexity index is 1010. The van der Waals surface area contributed by atoms with Crippen LogP contribution in [0.2, 0.25) is 0 Å². The van der Waals surface area contributed by atoms with Gasteiger partial charge in [-0.1, -0.05) is 23.4 Å². The van der Waals surface area contributed by atoms with E-state index in [-0.39, 0.29) is 11.9 Å². The maximum Gasteiger partial charge on any atom is 0.244 e. The molecule has 162 valence electrons. The number of aryl methyl sites for hydroxylation is 2. The number of nitrogens with one attached hydrogen (secondary N) is 1. The van der Waals surface area contributed by atoms with Crippen LogP contribution in [-0.2, 0) is 4.79 Å². The van der Waals surface area contributed by atoms with Crippen LogP contribution in [0.25, 0.3) is 11.4 Å². The molecule has 8 nitrogen and oxygen atoms in total. The van der Waals surface area contributed by atoms with Crippen molar-refractivity contribution in [3.05, 3.63) is 59.7 Å². The van der Waals surface area contributed by atoms with E-state index in [0.29, 0.717) is 18.3 Å². The van der Waals surface area contributed by atoms with E-state index >= 15 is 0 Å². The normalized spacial score (nSPS) is 16.2. The van der Waals surface area contributed by atoms with Gasteiger partial charge in [-0.2, -0.15) is 4.98 Å². The number of carbonyl (C=O) groups is 1. The quantitative estimate of drug-likeness (QED) is 0.656. The highest BCUT2D eigenvalue weighted by Crippen LogP contribution is 2.23. The molecule has 0 aliphatic carbocycles. The fourth-order valence-electron chi connectivity index (χ4n) is 3.88. The second kappa shape index (κ2) is 9.36. The van der Waals surface area contributed by atoms with Gasteiger partial charge >= 0.3 is 0 Å². The highest BCUT2D eigenvalue weighted by atomic mass is 16.5. The van der Waals surface area contributed by atoms with Crippen molar-refractivity contribution in [3.8, 4) is 11.4 Å². The Kier molecular flexibility index (Phi) is 6.39. The van der Waals surface area contributed by atoms with Crippen LogP contribution in [0.15, 0.2) is 47.2 Å². The van der Waals surface area contributed by atoms with Crippen LogP contribution in [-0.4, -0.2) is 63.6 Å². The van der Waals surface area contributed by atoms with Gasteiger partial charge in [0.2, 0.25) is 17.6 Å². The SMILES string of the molecule is Cc1cccc(C)c1NC(=O)CN1CCN(C(C)c2nc(-c3cccnc3)no2)CC1. The summed E-state index contributed by atoms with van der Waals surface area (Å²) in [6.45, 7) is 9.79. The largest absolute Gasteiger partial charge is 0.337 e. The predicted molar refractivity (Wildman–Crippen MR) is 119 cm³/mol. The minimum absolute atomic E-state index is 0.0171. The number of carbonyl (C=O) groups excluding carboxylic acids is 1. The predicted octanol–water partition coefficient (Wildman–Crippen LogP) is 3.07. The standard InChI is InChI=1S/C23H28N6O2/c1-16-6-4-7-17(2)21(16)25-20(30)15-28-10-12-29(13-11-28)18(3)23-26-22(27-31-23)19-8-5-9-24-14-19/h4-9,14,18H,10-13,15H2,1-3H3,(H,25,30). The number of benzene rings is 1. The number of rotatable bonds is 6. The van der Waals surface area contributed by atoms with Crippen molar-refractivity contribution in [2.75, 3.05) is 38.0 Å². The van der Waals surface area contributed by atoms with Gasteiger partial charge in [0.25, 0.3) is 0 Å². The molecule has 0 radical (unpaired) electrons. The Hall–Kier alpha value is -3.10. The molecule has 1 aliphatic heterocycles. The number of para-hydroxylation sites is 1. The molecule has 2 aromatic heterocycles. The van der Waals surface area contributed by atoms with Crippen LogP contribution >= 0.6 is 0 Å². The van der Waals surface area contributed by atoms with E-state index in [9.17, 15) is 4.79 Å². The van der Waals surface area contributed by atoms with Crippen molar-refractivity contribution in [2.24, 2.45) is 0 Å². The molecule has 3 aromatic rings. The summed E-state index contributed by atoms with van der Waals surface area (Å²) < 4.78 is 5.51. The first kappa shape index (κ1) is 21.1. The Morgan fingerprint density at radius 1 is 1.13 bits per heavy atom. The zero-order valence-electron chi connectivity index (χ0n) is 18.2. The van der Waals surface area contributed by atoms with E-state index in [4.69, 9.17) is 4.52 Å². The number of anilines is 1.